The van der Waals surface area contributed by atoms with Crippen molar-refractivity contribution in [2.45, 2.75) is 0 Å². The van der Waals surface area contributed by atoms with Crippen LogP contribution in [0.15, 0.2) is 243 Å². The fourth-order valence-corrected chi connectivity index (χ4v) is 12.5. The maximum Gasteiger partial charge on any atom is 0.0736 e. The average molecular weight is 905 g/mol. The van der Waals surface area contributed by atoms with Crippen LogP contribution in [0, 0.1) is 0 Å². The van der Waals surface area contributed by atoms with E-state index in [0.717, 1.165) is 39.2 Å². The van der Waals surface area contributed by atoms with Gasteiger partial charge in [-0.05, 0) is 137 Å². The van der Waals surface area contributed by atoms with Gasteiger partial charge in [0, 0.05) is 42.1 Å². The van der Waals surface area contributed by atoms with E-state index in [4.69, 9.17) is 4.98 Å². The Kier molecular flexibility index (Phi) is 8.56. The highest BCUT2D eigenvalue weighted by molar-refractivity contribution is 7.25. The summed E-state index contributed by atoms with van der Waals surface area (Å²) in [6.07, 6.45) is 0. The number of nitrogens with zero attached hydrogens (tertiary/aromatic N) is 2. The molecular weight excluding hydrogens is 865 g/mol. The van der Waals surface area contributed by atoms with Crippen LogP contribution in [0.2, 0.25) is 0 Å². The Morgan fingerprint density at radius 1 is 0.271 bits per heavy atom. The van der Waals surface area contributed by atoms with Crippen LogP contribution in [0.4, 0.5) is 0 Å². The number of fused-ring (bicyclic) bond motifs is 14. The Balaban J connectivity index is 1.05. The molecule has 15 aromatic rings. The molecule has 0 radical (unpaired) electrons. The molecule has 0 amide bonds. The first-order chi connectivity index (χ1) is 34.7. The molecule has 0 aliphatic rings. The van der Waals surface area contributed by atoms with Crippen LogP contribution < -0.4 is 0 Å². The minimum atomic E-state index is 0.937. The molecule has 0 N–H and O–H groups in total. The number of aromatic nitrogens is 2. The number of benzene rings is 12. The maximum atomic E-state index is 5.57. The van der Waals surface area contributed by atoms with E-state index in [2.05, 4.69) is 247 Å². The second kappa shape index (κ2) is 15.3. The summed E-state index contributed by atoms with van der Waals surface area (Å²) in [7, 11) is 0. The van der Waals surface area contributed by atoms with Crippen LogP contribution in [0.1, 0.15) is 0 Å². The predicted octanol–water partition coefficient (Wildman–Crippen LogP) is 19.0. The van der Waals surface area contributed by atoms with Gasteiger partial charge in [-0.25, -0.2) is 4.98 Å². The molecule has 0 spiro atoms. The highest BCUT2D eigenvalue weighted by atomic mass is 32.1. The molecule has 0 aliphatic heterocycles. The molecule has 3 heterocycles. The second-order valence-corrected chi connectivity index (χ2v) is 19.7. The second-order valence-electron chi connectivity index (χ2n) is 18.6. The minimum Gasteiger partial charge on any atom is -0.309 e. The smallest absolute Gasteiger partial charge is 0.0736 e. The van der Waals surface area contributed by atoms with E-state index in [1.54, 1.807) is 0 Å². The van der Waals surface area contributed by atoms with Crippen LogP contribution in [0.25, 0.3) is 146 Å². The quantitative estimate of drug-likeness (QED) is 0.157. The third kappa shape index (κ3) is 6.02. The van der Waals surface area contributed by atoms with E-state index in [9.17, 15) is 0 Å². The summed E-state index contributed by atoms with van der Waals surface area (Å²) in [5, 5.41) is 17.3. The minimum absolute atomic E-state index is 0.937. The zero-order valence-corrected chi connectivity index (χ0v) is 38.7. The van der Waals surface area contributed by atoms with E-state index in [1.165, 1.54) is 107 Å². The van der Waals surface area contributed by atoms with Crippen molar-refractivity contribution in [3.05, 3.63) is 243 Å². The summed E-state index contributed by atoms with van der Waals surface area (Å²) in [6, 6.07) is 89.7. The standard InChI is InChI=1S/C67H40N2S/c1-2-14-41(15-3-1)44-29-32-64-59(35-44)60-39-57-56-34-45(46-30-33-67-61(36-46)55-24-10-11-27-66(55)70-67)28-31-52(56)50-22-8-9-23-51(50)58(57)40-65(60)69(64)47-37-62(53-25-12-18-42-16-4-6-20-48(42)53)68-63(38-47)54-26-13-19-43-17-5-7-21-49(43)54/h1-40H. The number of rotatable bonds is 5. The number of hydrogen-bond donors (Lipinski definition) is 0. The lowest BCUT2D eigenvalue weighted by Crippen LogP contribution is -1.99. The average Bonchev–Trinajstić information content (AvgIpc) is 3.97. The van der Waals surface area contributed by atoms with Gasteiger partial charge in [-0.3, -0.25) is 0 Å². The number of hydrogen-bond acceptors (Lipinski definition) is 2. The van der Waals surface area contributed by atoms with Crippen molar-refractivity contribution >= 4 is 107 Å². The Morgan fingerprint density at radius 2 is 0.757 bits per heavy atom. The summed E-state index contributed by atoms with van der Waals surface area (Å²) >= 11 is 1.87. The lowest BCUT2D eigenvalue weighted by atomic mass is 9.91. The number of thiophene rings is 1. The molecule has 0 saturated carbocycles. The van der Waals surface area contributed by atoms with Gasteiger partial charge < -0.3 is 4.57 Å². The molecule has 2 nitrogen and oxygen atoms in total. The Hall–Kier alpha value is -8.89. The lowest BCUT2D eigenvalue weighted by molar-refractivity contribution is 1.16. The molecule has 324 valence electrons. The van der Waals surface area contributed by atoms with Gasteiger partial charge in [0.05, 0.1) is 28.1 Å². The molecule has 0 bridgehead atoms. The Morgan fingerprint density at radius 3 is 1.49 bits per heavy atom. The summed E-state index contributed by atoms with van der Waals surface area (Å²) in [4.78, 5) is 5.57. The molecule has 15 rings (SSSR count). The van der Waals surface area contributed by atoms with Gasteiger partial charge in [-0.15, -0.1) is 11.3 Å². The van der Waals surface area contributed by atoms with Crippen molar-refractivity contribution in [1.29, 1.82) is 0 Å². The van der Waals surface area contributed by atoms with Crippen LogP contribution in [0.3, 0.4) is 0 Å². The molecule has 0 unspecified atom stereocenters. The molecule has 0 atom stereocenters. The largest absolute Gasteiger partial charge is 0.309 e. The van der Waals surface area contributed by atoms with Crippen molar-refractivity contribution in [3.63, 3.8) is 0 Å². The molecule has 0 saturated heterocycles. The molecule has 70 heavy (non-hydrogen) atoms. The van der Waals surface area contributed by atoms with Crippen molar-refractivity contribution in [3.8, 4) is 50.5 Å². The van der Waals surface area contributed by atoms with Gasteiger partial charge in [0.15, 0.2) is 0 Å². The van der Waals surface area contributed by atoms with Crippen LogP contribution >= 0.6 is 11.3 Å². The summed E-state index contributed by atoms with van der Waals surface area (Å²) < 4.78 is 5.14. The van der Waals surface area contributed by atoms with Gasteiger partial charge in [0.1, 0.15) is 0 Å². The van der Waals surface area contributed by atoms with Gasteiger partial charge >= 0.3 is 0 Å². The first kappa shape index (κ1) is 39.1. The van der Waals surface area contributed by atoms with E-state index >= 15 is 0 Å². The third-order valence-corrected chi connectivity index (χ3v) is 15.9. The van der Waals surface area contributed by atoms with E-state index in [0.29, 0.717) is 0 Å². The monoisotopic (exact) mass is 904 g/mol. The van der Waals surface area contributed by atoms with Crippen molar-refractivity contribution < 1.29 is 0 Å². The molecule has 3 heteroatoms. The predicted molar refractivity (Wildman–Crippen MR) is 301 cm³/mol. The van der Waals surface area contributed by atoms with E-state index in [-0.39, 0.29) is 0 Å². The summed E-state index contributed by atoms with van der Waals surface area (Å²) in [6.45, 7) is 0. The van der Waals surface area contributed by atoms with Crippen molar-refractivity contribution in [2.24, 2.45) is 0 Å². The van der Waals surface area contributed by atoms with Crippen LogP contribution in [-0.4, -0.2) is 9.55 Å². The molecule has 0 fully saturated rings. The van der Waals surface area contributed by atoms with Crippen molar-refractivity contribution in [1.82, 2.24) is 9.55 Å². The zero-order valence-electron chi connectivity index (χ0n) is 37.9. The zero-order chi connectivity index (χ0) is 45.9. The SMILES string of the molecule is c1ccc(-c2ccc3c(c2)c2cc4c5cc(-c6ccc7sc8ccccc8c7c6)ccc5c5ccccc5c4cc2n3-c2cc(-c3cccc4ccccc34)nc(-c3cccc4ccccc34)c2)cc1. The van der Waals surface area contributed by atoms with E-state index in [1.807, 2.05) is 11.3 Å². The molecule has 3 aromatic heterocycles. The van der Waals surface area contributed by atoms with E-state index < -0.39 is 0 Å². The maximum absolute atomic E-state index is 5.57. The van der Waals surface area contributed by atoms with Gasteiger partial charge in [0.2, 0.25) is 0 Å². The van der Waals surface area contributed by atoms with Crippen LogP contribution in [0.5, 0.6) is 0 Å². The highest BCUT2D eigenvalue weighted by Crippen LogP contribution is 2.45. The molecule has 0 aliphatic carbocycles. The first-order valence-corrected chi connectivity index (χ1v) is 24.8. The lowest BCUT2D eigenvalue weighted by Gasteiger charge is -2.16. The first-order valence-electron chi connectivity index (χ1n) is 24.0. The molecule has 12 aromatic carbocycles. The fourth-order valence-electron chi connectivity index (χ4n) is 11.5. The number of pyridine rings is 1. The topological polar surface area (TPSA) is 17.8 Å². The highest BCUT2D eigenvalue weighted by Gasteiger charge is 2.21. The van der Waals surface area contributed by atoms with Crippen molar-refractivity contribution in [2.75, 3.05) is 0 Å². The van der Waals surface area contributed by atoms with Gasteiger partial charge in [0.25, 0.3) is 0 Å². The Bertz CT molecular complexity index is 4540. The Labute approximate surface area is 407 Å². The van der Waals surface area contributed by atoms with Gasteiger partial charge in [-0.2, -0.15) is 0 Å². The third-order valence-electron chi connectivity index (χ3n) is 14.7. The van der Waals surface area contributed by atoms with Gasteiger partial charge in [-0.1, -0.05) is 182 Å². The summed E-state index contributed by atoms with van der Waals surface area (Å²) in [5.41, 5.74) is 12.3. The fraction of sp³-hybridized carbons (Fsp3) is 0. The normalized spacial score (nSPS) is 12.0. The van der Waals surface area contributed by atoms with Crippen LogP contribution in [-0.2, 0) is 0 Å². The molecular formula is C67H40N2S. The summed E-state index contributed by atoms with van der Waals surface area (Å²) in [5.74, 6) is 0.